The van der Waals surface area contributed by atoms with E-state index in [2.05, 4.69) is 23.7 Å². The molecule has 0 fully saturated rings. The van der Waals surface area contributed by atoms with E-state index in [1.165, 1.54) is 18.9 Å². The molecule has 0 N–H and O–H groups in total. The summed E-state index contributed by atoms with van der Waals surface area (Å²) in [5.41, 5.74) is 1.93. The lowest BCUT2D eigenvalue weighted by Crippen LogP contribution is -2.24. The standard InChI is InChI=1S/C16H21N3O2/c1-3-5-10-18(4-2)12-14-7-6-13-11-15(19(20)21)8-9-16(13)17-14/h6-9,11H,3-5,10,12H2,1-2H3. The van der Waals surface area contributed by atoms with Crippen LogP contribution in [0.4, 0.5) is 5.69 Å². The minimum Gasteiger partial charge on any atom is -0.298 e. The molecular formula is C16H21N3O2. The quantitative estimate of drug-likeness (QED) is 0.574. The molecule has 0 spiro atoms. The second-order valence-corrected chi connectivity index (χ2v) is 5.16. The van der Waals surface area contributed by atoms with Crippen molar-refractivity contribution in [1.82, 2.24) is 9.88 Å². The van der Waals surface area contributed by atoms with Gasteiger partial charge in [-0.1, -0.05) is 26.3 Å². The molecule has 0 saturated carbocycles. The lowest BCUT2D eigenvalue weighted by atomic mass is 10.2. The van der Waals surface area contributed by atoms with Gasteiger partial charge in [0.25, 0.3) is 5.69 Å². The largest absolute Gasteiger partial charge is 0.298 e. The molecule has 0 amide bonds. The van der Waals surface area contributed by atoms with Crippen LogP contribution in [0.5, 0.6) is 0 Å². The van der Waals surface area contributed by atoms with E-state index in [9.17, 15) is 10.1 Å². The summed E-state index contributed by atoms with van der Waals surface area (Å²) < 4.78 is 0. The molecule has 2 aromatic rings. The summed E-state index contributed by atoms with van der Waals surface area (Å²) in [6, 6.07) is 8.67. The maximum atomic E-state index is 10.8. The van der Waals surface area contributed by atoms with E-state index in [0.29, 0.717) is 0 Å². The Morgan fingerprint density at radius 3 is 2.71 bits per heavy atom. The normalized spacial score (nSPS) is 11.2. The minimum atomic E-state index is -0.378. The first-order valence-corrected chi connectivity index (χ1v) is 7.40. The Kier molecular flexibility index (Phi) is 5.22. The Morgan fingerprint density at radius 1 is 1.24 bits per heavy atom. The molecule has 1 heterocycles. The number of nitro groups is 1. The Morgan fingerprint density at radius 2 is 2.05 bits per heavy atom. The number of pyridine rings is 1. The average molecular weight is 287 g/mol. The zero-order valence-corrected chi connectivity index (χ0v) is 12.6. The molecule has 5 heteroatoms. The van der Waals surface area contributed by atoms with E-state index >= 15 is 0 Å². The van der Waals surface area contributed by atoms with Crippen molar-refractivity contribution in [1.29, 1.82) is 0 Å². The van der Waals surface area contributed by atoms with Crippen LogP contribution >= 0.6 is 0 Å². The van der Waals surface area contributed by atoms with Gasteiger partial charge < -0.3 is 0 Å². The Bertz CT molecular complexity index is 628. The van der Waals surface area contributed by atoms with Crippen LogP contribution in [-0.4, -0.2) is 27.9 Å². The number of non-ortho nitro benzene ring substituents is 1. The Labute approximate surface area is 124 Å². The van der Waals surface area contributed by atoms with Crippen molar-refractivity contribution < 1.29 is 4.92 Å². The molecule has 0 radical (unpaired) electrons. The fourth-order valence-electron chi connectivity index (χ4n) is 2.32. The van der Waals surface area contributed by atoms with Crippen molar-refractivity contribution in [2.75, 3.05) is 13.1 Å². The van der Waals surface area contributed by atoms with Crippen LogP contribution in [-0.2, 0) is 6.54 Å². The van der Waals surface area contributed by atoms with E-state index in [1.54, 1.807) is 12.1 Å². The SMILES string of the molecule is CCCCN(CC)Cc1ccc2cc([N+](=O)[O-])ccc2n1. The van der Waals surface area contributed by atoms with Gasteiger partial charge in [0, 0.05) is 24.1 Å². The van der Waals surface area contributed by atoms with Gasteiger partial charge in [0.05, 0.1) is 16.1 Å². The molecule has 0 aliphatic heterocycles. The number of benzene rings is 1. The highest BCUT2D eigenvalue weighted by Crippen LogP contribution is 2.20. The maximum Gasteiger partial charge on any atom is 0.270 e. The summed E-state index contributed by atoms with van der Waals surface area (Å²) in [5, 5.41) is 11.6. The van der Waals surface area contributed by atoms with Crippen molar-refractivity contribution in [3.05, 3.63) is 46.1 Å². The highest BCUT2D eigenvalue weighted by Gasteiger charge is 2.09. The zero-order chi connectivity index (χ0) is 15.2. The van der Waals surface area contributed by atoms with E-state index in [4.69, 9.17) is 0 Å². The summed E-state index contributed by atoms with van der Waals surface area (Å²) in [4.78, 5) is 17.4. The Balaban J connectivity index is 2.18. The smallest absolute Gasteiger partial charge is 0.270 e. The van der Waals surface area contributed by atoms with Crippen LogP contribution in [0.15, 0.2) is 30.3 Å². The number of unbranched alkanes of at least 4 members (excludes halogenated alkanes) is 1. The molecule has 1 aromatic heterocycles. The number of nitrogens with zero attached hydrogens (tertiary/aromatic N) is 3. The van der Waals surface area contributed by atoms with Crippen LogP contribution < -0.4 is 0 Å². The zero-order valence-electron chi connectivity index (χ0n) is 12.6. The number of hydrogen-bond donors (Lipinski definition) is 0. The highest BCUT2D eigenvalue weighted by molar-refractivity contribution is 5.81. The lowest BCUT2D eigenvalue weighted by molar-refractivity contribution is -0.384. The van der Waals surface area contributed by atoms with E-state index in [-0.39, 0.29) is 10.6 Å². The monoisotopic (exact) mass is 287 g/mol. The predicted octanol–water partition coefficient (Wildman–Crippen LogP) is 3.77. The van der Waals surface area contributed by atoms with Crippen LogP contribution in [0.25, 0.3) is 10.9 Å². The molecule has 112 valence electrons. The summed E-state index contributed by atoms with van der Waals surface area (Å²) in [5.74, 6) is 0. The molecule has 1 aromatic carbocycles. The topological polar surface area (TPSA) is 59.3 Å². The second-order valence-electron chi connectivity index (χ2n) is 5.16. The molecule has 21 heavy (non-hydrogen) atoms. The summed E-state index contributed by atoms with van der Waals surface area (Å²) in [7, 11) is 0. The number of rotatable bonds is 7. The van der Waals surface area contributed by atoms with Crippen molar-refractivity contribution in [3.8, 4) is 0 Å². The van der Waals surface area contributed by atoms with Gasteiger partial charge >= 0.3 is 0 Å². The number of fused-ring (bicyclic) bond motifs is 1. The molecule has 0 atom stereocenters. The van der Waals surface area contributed by atoms with Gasteiger partial charge in [0.2, 0.25) is 0 Å². The van der Waals surface area contributed by atoms with Gasteiger partial charge in [-0.05, 0) is 31.6 Å². The van der Waals surface area contributed by atoms with Crippen LogP contribution in [0, 0.1) is 10.1 Å². The van der Waals surface area contributed by atoms with Crippen LogP contribution in [0.2, 0.25) is 0 Å². The molecule has 2 rings (SSSR count). The van der Waals surface area contributed by atoms with Crippen LogP contribution in [0.3, 0.4) is 0 Å². The molecule has 0 aliphatic carbocycles. The summed E-state index contributed by atoms with van der Waals surface area (Å²) in [6.07, 6.45) is 2.37. The number of aromatic nitrogens is 1. The second kappa shape index (κ2) is 7.13. The van der Waals surface area contributed by atoms with Crippen molar-refractivity contribution in [3.63, 3.8) is 0 Å². The maximum absolute atomic E-state index is 10.8. The molecular weight excluding hydrogens is 266 g/mol. The van der Waals surface area contributed by atoms with Gasteiger partial charge in [-0.25, -0.2) is 0 Å². The van der Waals surface area contributed by atoms with Crippen molar-refractivity contribution in [2.24, 2.45) is 0 Å². The fraction of sp³-hybridized carbons (Fsp3) is 0.438. The highest BCUT2D eigenvalue weighted by atomic mass is 16.6. The average Bonchev–Trinajstić information content (AvgIpc) is 2.50. The summed E-state index contributed by atoms with van der Waals surface area (Å²) in [6.45, 7) is 7.24. The van der Waals surface area contributed by atoms with Gasteiger partial charge in [-0.2, -0.15) is 0 Å². The van der Waals surface area contributed by atoms with E-state index in [1.807, 2.05) is 12.1 Å². The van der Waals surface area contributed by atoms with Gasteiger partial charge in [0.1, 0.15) is 0 Å². The van der Waals surface area contributed by atoms with Gasteiger partial charge in [-0.15, -0.1) is 0 Å². The minimum absolute atomic E-state index is 0.107. The third kappa shape index (κ3) is 3.98. The fourth-order valence-corrected chi connectivity index (χ4v) is 2.32. The van der Waals surface area contributed by atoms with E-state index in [0.717, 1.165) is 36.2 Å². The van der Waals surface area contributed by atoms with Gasteiger partial charge in [0.15, 0.2) is 0 Å². The molecule has 0 aliphatic rings. The molecule has 0 saturated heterocycles. The van der Waals surface area contributed by atoms with Crippen LogP contribution in [0.1, 0.15) is 32.4 Å². The Hall–Kier alpha value is -2.01. The van der Waals surface area contributed by atoms with E-state index < -0.39 is 0 Å². The third-order valence-electron chi connectivity index (χ3n) is 3.60. The first-order chi connectivity index (χ1) is 10.1. The first kappa shape index (κ1) is 15.4. The molecule has 5 nitrogen and oxygen atoms in total. The number of hydrogen-bond acceptors (Lipinski definition) is 4. The van der Waals surface area contributed by atoms with Crippen molar-refractivity contribution >= 4 is 16.6 Å². The molecule has 0 unspecified atom stereocenters. The third-order valence-corrected chi connectivity index (χ3v) is 3.60. The lowest BCUT2D eigenvalue weighted by Gasteiger charge is -2.19. The predicted molar refractivity (Wildman–Crippen MR) is 84.3 cm³/mol. The van der Waals surface area contributed by atoms with Gasteiger partial charge in [-0.3, -0.25) is 20.0 Å². The van der Waals surface area contributed by atoms with Crippen molar-refractivity contribution in [2.45, 2.75) is 33.2 Å². The number of nitro benzene ring substituents is 1. The first-order valence-electron chi connectivity index (χ1n) is 7.40. The summed E-state index contributed by atoms with van der Waals surface area (Å²) >= 11 is 0. The molecule has 0 bridgehead atoms.